The SMILES string of the molecule is CCSCCCN(CP(c1ccccc1)c1ccccc1)CP(c1ccccc1)c1ccccc1. The summed E-state index contributed by atoms with van der Waals surface area (Å²) >= 11 is 2.06. The van der Waals surface area contributed by atoms with Crippen molar-refractivity contribution in [1.82, 2.24) is 4.90 Å². The monoisotopic (exact) mass is 515 g/mol. The largest absolute Gasteiger partial charge is 0.294 e. The molecule has 1 nitrogen and oxygen atoms in total. The summed E-state index contributed by atoms with van der Waals surface area (Å²) in [6.07, 6.45) is 3.43. The highest BCUT2D eigenvalue weighted by molar-refractivity contribution is 7.99. The van der Waals surface area contributed by atoms with Gasteiger partial charge in [0.15, 0.2) is 0 Å². The van der Waals surface area contributed by atoms with Gasteiger partial charge in [0, 0.05) is 12.6 Å². The first kappa shape index (κ1) is 26.1. The molecule has 0 saturated carbocycles. The van der Waals surface area contributed by atoms with Gasteiger partial charge in [-0.2, -0.15) is 11.8 Å². The van der Waals surface area contributed by atoms with Crippen LogP contribution in [0.1, 0.15) is 13.3 Å². The Kier molecular flexibility index (Phi) is 10.9. The Morgan fingerprint density at radius 2 is 0.886 bits per heavy atom. The average molecular weight is 516 g/mol. The van der Waals surface area contributed by atoms with Crippen LogP contribution in [-0.2, 0) is 0 Å². The molecule has 0 aliphatic heterocycles. The standard InChI is InChI=1S/C31H35NP2S/c1-2-35-25-15-24-32(26-33(28-16-7-3-8-17-28)29-18-9-4-10-19-29)27-34(30-20-11-5-12-21-30)31-22-13-6-14-23-31/h3-14,16-23H,2,15,24-27H2,1H3. The topological polar surface area (TPSA) is 3.24 Å². The van der Waals surface area contributed by atoms with Gasteiger partial charge in [-0.05, 0) is 61.5 Å². The van der Waals surface area contributed by atoms with Crippen molar-refractivity contribution in [1.29, 1.82) is 0 Å². The molecule has 0 radical (unpaired) electrons. The van der Waals surface area contributed by atoms with Crippen LogP contribution in [0.25, 0.3) is 0 Å². The van der Waals surface area contributed by atoms with E-state index >= 15 is 0 Å². The van der Waals surface area contributed by atoms with Gasteiger partial charge in [-0.15, -0.1) is 0 Å². The Morgan fingerprint density at radius 1 is 0.543 bits per heavy atom. The summed E-state index contributed by atoms with van der Waals surface area (Å²) < 4.78 is 0. The molecule has 0 saturated heterocycles. The molecule has 0 fully saturated rings. The Hall–Kier alpha value is -1.95. The molecule has 4 aromatic carbocycles. The summed E-state index contributed by atoms with van der Waals surface area (Å²) in [5, 5.41) is 5.85. The maximum Gasteiger partial charge on any atom is 0.0269 e. The molecule has 4 rings (SSSR count). The summed E-state index contributed by atoms with van der Waals surface area (Å²) in [6, 6.07) is 44.6. The minimum absolute atomic E-state index is 0.454. The maximum atomic E-state index is 2.77. The number of thioether (sulfide) groups is 1. The van der Waals surface area contributed by atoms with E-state index < -0.39 is 15.8 Å². The number of hydrogen-bond acceptors (Lipinski definition) is 2. The van der Waals surface area contributed by atoms with E-state index in [1.807, 2.05) is 0 Å². The van der Waals surface area contributed by atoms with Gasteiger partial charge in [-0.1, -0.05) is 128 Å². The van der Waals surface area contributed by atoms with Crippen molar-refractivity contribution in [3.63, 3.8) is 0 Å². The van der Waals surface area contributed by atoms with Crippen molar-refractivity contribution in [3.8, 4) is 0 Å². The van der Waals surface area contributed by atoms with Crippen LogP contribution >= 0.6 is 27.6 Å². The minimum atomic E-state index is -0.454. The van der Waals surface area contributed by atoms with Gasteiger partial charge < -0.3 is 0 Å². The third-order valence-electron chi connectivity index (χ3n) is 5.92. The average Bonchev–Trinajstić information content (AvgIpc) is 2.94. The summed E-state index contributed by atoms with van der Waals surface area (Å²) in [6.45, 7) is 3.40. The first-order valence-electron chi connectivity index (χ1n) is 12.4. The van der Waals surface area contributed by atoms with Crippen molar-refractivity contribution >= 4 is 48.8 Å². The summed E-state index contributed by atoms with van der Waals surface area (Å²) in [5.41, 5.74) is 0. The highest BCUT2D eigenvalue weighted by atomic mass is 32.2. The van der Waals surface area contributed by atoms with Crippen LogP contribution in [0.2, 0.25) is 0 Å². The molecule has 180 valence electrons. The van der Waals surface area contributed by atoms with Gasteiger partial charge in [0.05, 0.1) is 0 Å². The summed E-state index contributed by atoms with van der Waals surface area (Å²) in [5.74, 6) is 2.43. The molecule has 35 heavy (non-hydrogen) atoms. The van der Waals surface area contributed by atoms with Crippen LogP contribution in [0, 0.1) is 0 Å². The fourth-order valence-electron chi connectivity index (χ4n) is 4.18. The zero-order chi connectivity index (χ0) is 24.1. The highest BCUT2D eigenvalue weighted by Crippen LogP contribution is 2.39. The number of benzene rings is 4. The van der Waals surface area contributed by atoms with Gasteiger partial charge in [-0.25, -0.2) is 0 Å². The lowest BCUT2D eigenvalue weighted by Crippen LogP contribution is -2.33. The van der Waals surface area contributed by atoms with Crippen LogP contribution in [0.15, 0.2) is 121 Å². The second kappa shape index (κ2) is 14.6. The van der Waals surface area contributed by atoms with Crippen LogP contribution < -0.4 is 21.2 Å². The first-order valence-corrected chi connectivity index (χ1v) is 16.6. The molecular weight excluding hydrogens is 480 g/mol. The number of rotatable bonds is 13. The fraction of sp³-hybridized carbons (Fsp3) is 0.226. The lowest BCUT2D eigenvalue weighted by Gasteiger charge is -2.32. The van der Waals surface area contributed by atoms with Crippen LogP contribution in [0.3, 0.4) is 0 Å². The smallest absolute Gasteiger partial charge is 0.0269 e. The van der Waals surface area contributed by atoms with E-state index in [9.17, 15) is 0 Å². The van der Waals surface area contributed by atoms with Gasteiger partial charge >= 0.3 is 0 Å². The van der Waals surface area contributed by atoms with E-state index in [2.05, 4.69) is 145 Å². The third kappa shape index (κ3) is 8.03. The quantitative estimate of drug-likeness (QED) is 0.146. The minimum Gasteiger partial charge on any atom is -0.294 e. The fourth-order valence-corrected chi connectivity index (χ4v) is 9.62. The van der Waals surface area contributed by atoms with E-state index in [-0.39, 0.29) is 0 Å². The second-order valence-electron chi connectivity index (χ2n) is 8.43. The molecule has 0 aliphatic rings. The van der Waals surface area contributed by atoms with Gasteiger partial charge in [0.1, 0.15) is 0 Å². The Balaban J connectivity index is 1.64. The molecule has 0 aliphatic carbocycles. The molecular formula is C31H35NP2S. The zero-order valence-electron chi connectivity index (χ0n) is 20.5. The molecule has 0 bridgehead atoms. The van der Waals surface area contributed by atoms with E-state index in [4.69, 9.17) is 0 Å². The molecule has 0 atom stereocenters. The van der Waals surface area contributed by atoms with Crippen LogP contribution in [0.4, 0.5) is 0 Å². The lowest BCUT2D eigenvalue weighted by atomic mass is 10.4. The second-order valence-corrected chi connectivity index (χ2v) is 14.2. The van der Waals surface area contributed by atoms with E-state index in [1.165, 1.54) is 39.1 Å². The van der Waals surface area contributed by atoms with Crippen LogP contribution in [-0.4, -0.2) is 35.5 Å². The van der Waals surface area contributed by atoms with Crippen molar-refractivity contribution in [2.75, 3.05) is 30.6 Å². The maximum absolute atomic E-state index is 2.77. The number of nitrogens with zero attached hydrogens (tertiary/aromatic N) is 1. The summed E-state index contributed by atoms with van der Waals surface area (Å²) in [7, 11) is -0.907. The van der Waals surface area contributed by atoms with Crippen molar-refractivity contribution < 1.29 is 0 Å². The normalized spacial score (nSPS) is 11.4. The highest BCUT2D eigenvalue weighted by Gasteiger charge is 2.22. The first-order chi connectivity index (χ1) is 17.3. The Labute approximate surface area is 218 Å². The Bertz CT molecular complexity index is 930. The molecule has 0 unspecified atom stereocenters. The van der Waals surface area contributed by atoms with Gasteiger partial charge in [0.25, 0.3) is 0 Å². The molecule has 0 N–H and O–H groups in total. The molecule has 4 aromatic rings. The third-order valence-corrected chi connectivity index (χ3v) is 12.0. The van der Waals surface area contributed by atoms with Gasteiger partial charge in [0.2, 0.25) is 0 Å². The molecule has 4 heteroatoms. The predicted molar refractivity (Wildman–Crippen MR) is 162 cm³/mol. The van der Waals surface area contributed by atoms with E-state index in [0.29, 0.717) is 0 Å². The summed E-state index contributed by atoms with van der Waals surface area (Å²) in [4.78, 5) is 2.77. The van der Waals surface area contributed by atoms with Crippen molar-refractivity contribution in [2.45, 2.75) is 13.3 Å². The van der Waals surface area contributed by atoms with Gasteiger partial charge in [-0.3, -0.25) is 4.90 Å². The Morgan fingerprint density at radius 3 is 1.20 bits per heavy atom. The molecule has 0 heterocycles. The van der Waals surface area contributed by atoms with E-state index in [0.717, 1.165) is 19.1 Å². The van der Waals surface area contributed by atoms with Crippen molar-refractivity contribution in [2.24, 2.45) is 0 Å². The van der Waals surface area contributed by atoms with E-state index in [1.54, 1.807) is 0 Å². The lowest BCUT2D eigenvalue weighted by molar-refractivity contribution is 0.375. The zero-order valence-corrected chi connectivity index (χ0v) is 23.1. The molecule has 0 spiro atoms. The molecule has 0 amide bonds. The van der Waals surface area contributed by atoms with Crippen LogP contribution in [0.5, 0.6) is 0 Å². The predicted octanol–water partition coefficient (Wildman–Crippen LogP) is 6.61. The number of hydrogen-bond donors (Lipinski definition) is 0. The van der Waals surface area contributed by atoms with Crippen molar-refractivity contribution in [3.05, 3.63) is 121 Å². The molecule has 0 aromatic heterocycles.